The summed E-state index contributed by atoms with van der Waals surface area (Å²) in [5.74, 6) is -0.745. The van der Waals surface area contributed by atoms with Gasteiger partial charge in [-0.1, -0.05) is 33.1 Å². The summed E-state index contributed by atoms with van der Waals surface area (Å²) in [7, 11) is 0. The number of aliphatic hydroxyl groups is 2. The van der Waals surface area contributed by atoms with E-state index >= 15 is 0 Å². The molecule has 0 aromatic heterocycles. The minimum absolute atomic E-state index is 0.104. The van der Waals surface area contributed by atoms with Gasteiger partial charge >= 0.3 is 5.97 Å². The van der Waals surface area contributed by atoms with Crippen LogP contribution in [0.2, 0.25) is 0 Å². The third-order valence-electron chi connectivity index (χ3n) is 1.91. The van der Waals surface area contributed by atoms with Crippen LogP contribution in [-0.4, -0.2) is 34.0 Å². The molecular formula is C11H24O4. The second kappa shape index (κ2) is 13.4. The first-order chi connectivity index (χ1) is 7.08. The summed E-state index contributed by atoms with van der Waals surface area (Å²) in [5, 5.41) is 25.3. The Morgan fingerprint density at radius 2 is 1.73 bits per heavy atom. The Balaban J connectivity index is 0. The average Bonchev–Trinajstić information content (AvgIpc) is 2.19. The molecule has 0 aliphatic carbocycles. The number of unbranched alkanes of at least 4 members (excludes halogenated alkanes) is 2. The fourth-order valence-electron chi connectivity index (χ4n) is 0.923. The summed E-state index contributed by atoms with van der Waals surface area (Å²) < 4.78 is 0. The Bertz CT molecular complexity index is 137. The van der Waals surface area contributed by atoms with Crippen molar-refractivity contribution >= 4 is 5.97 Å². The lowest BCUT2D eigenvalue weighted by atomic mass is 10.1. The molecule has 1 atom stereocenters. The first kappa shape index (κ1) is 16.8. The predicted octanol–water partition coefficient (Wildman–Crippen LogP) is 1.79. The smallest absolute Gasteiger partial charge is 0.303 e. The molecule has 92 valence electrons. The number of carboxylic acid groups (broad SMARTS) is 1. The number of hydrogen-bond acceptors (Lipinski definition) is 3. The molecular weight excluding hydrogens is 196 g/mol. The van der Waals surface area contributed by atoms with Crippen LogP contribution in [0.5, 0.6) is 0 Å². The van der Waals surface area contributed by atoms with E-state index in [-0.39, 0.29) is 19.1 Å². The molecule has 0 aliphatic rings. The molecule has 3 N–H and O–H groups in total. The quantitative estimate of drug-likeness (QED) is 0.572. The molecule has 0 radical (unpaired) electrons. The number of hydrogen-bond donors (Lipinski definition) is 3. The molecule has 0 amide bonds. The first-order valence-electron chi connectivity index (χ1n) is 5.59. The van der Waals surface area contributed by atoms with E-state index in [1.54, 1.807) is 6.92 Å². The van der Waals surface area contributed by atoms with E-state index in [9.17, 15) is 4.79 Å². The van der Waals surface area contributed by atoms with E-state index in [2.05, 4.69) is 6.92 Å². The van der Waals surface area contributed by atoms with Crippen molar-refractivity contribution in [2.24, 2.45) is 0 Å². The molecule has 4 nitrogen and oxygen atoms in total. The van der Waals surface area contributed by atoms with Crippen LogP contribution in [0.25, 0.3) is 0 Å². The summed E-state index contributed by atoms with van der Waals surface area (Å²) in [5.41, 5.74) is 0. The predicted molar refractivity (Wildman–Crippen MR) is 59.8 cm³/mol. The summed E-state index contributed by atoms with van der Waals surface area (Å²) in [4.78, 5) is 9.37. The second-order valence-corrected chi connectivity index (χ2v) is 3.41. The highest BCUT2D eigenvalue weighted by Crippen LogP contribution is 2.05. The lowest BCUT2D eigenvalue weighted by Crippen LogP contribution is -2.07. The lowest BCUT2D eigenvalue weighted by molar-refractivity contribution is -0.136. The van der Waals surface area contributed by atoms with Crippen molar-refractivity contribution in [1.29, 1.82) is 0 Å². The molecule has 0 aromatic carbocycles. The molecule has 0 aromatic rings. The van der Waals surface area contributed by atoms with Crippen molar-refractivity contribution in [3.8, 4) is 0 Å². The molecule has 4 heteroatoms. The van der Waals surface area contributed by atoms with Crippen molar-refractivity contribution < 1.29 is 20.1 Å². The zero-order valence-electron chi connectivity index (χ0n) is 9.78. The van der Waals surface area contributed by atoms with Crippen LogP contribution in [0.15, 0.2) is 0 Å². The van der Waals surface area contributed by atoms with Gasteiger partial charge in [0.05, 0.1) is 6.10 Å². The number of carboxylic acids is 1. The molecule has 1 unspecified atom stereocenters. The van der Waals surface area contributed by atoms with Gasteiger partial charge in [-0.25, -0.2) is 0 Å². The van der Waals surface area contributed by atoms with Gasteiger partial charge in [-0.3, -0.25) is 4.79 Å². The van der Waals surface area contributed by atoms with E-state index in [0.29, 0.717) is 6.42 Å². The van der Waals surface area contributed by atoms with Crippen molar-refractivity contribution in [3.05, 3.63) is 0 Å². The Hall–Kier alpha value is -0.610. The molecule has 0 saturated heterocycles. The van der Waals surface area contributed by atoms with Gasteiger partial charge in [0.15, 0.2) is 0 Å². The SMILES string of the molecule is CCC(=O)O.CCCCCC(O)CCO. The third-order valence-corrected chi connectivity index (χ3v) is 1.91. The highest BCUT2D eigenvalue weighted by atomic mass is 16.4. The van der Waals surface area contributed by atoms with Crippen LogP contribution >= 0.6 is 0 Å². The van der Waals surface area contributed by atoms with Crippen LogP contribution in [-0.2, 0) is 4.79 Å². The number of aliphatic hydroxyl groups excluding tert-OH is 2. The first-order valence-corrected chi connectivity index (χ1v) is 5.59. The van der Waals surface area contributed by atoms with Gasteiger partial charge in [0.1, 0.15) is 0 Å². The maximum atomic E-state index is 9.37. The van der Waals surface area contributed by atoms with Crippen LogP contribution in [0.1, 0.15) is 52.4 Å². The minimum Gasteiger partial charge on any atom is -0.481 e. The number of carbonyl (C=O) groups is 1. The van der Waals surface area contributed by atoms with Crippen molar-refractivity contribution in [2.75, 3.05) is 6.61 Å². The zero-order valence-corrected chi connectivity index (χ0v) is 9.78. The summed E-state index contributed by atoms with van der Waals surface area (Å²) in [6, 6.07) is 0. The van der Waals surface area contributed by atoms with Crippen molar-refractivity contribution in [1.82, 2.24) is 0 Å². The molecule has 0 fully saturated rings. The normalized spacial score (nSPS) is 11.5. The average molecular weight is 220 g/mol. The summed E-state index contributed by atoms with van der Waals surface area (Å²) in [6.07, 6.45) is 4.76. The monoisotopic (exact) mass is 220 g/mol. The van der Waals surface area contributed by atoms with Crippen LogP contribution in [0.4, 0.5) is 0 Å². The lowest BCUT2D eigenvalue weighted by Gasteiger charge is -2.06. The van der Waals surface area contributed by atoms with E-state index in [4.69, 9.17) is 15.3 Å². The van der Waals surface area contributed by atoms with Gasteiger partial charge < -0.3 is 15.3 Å². The fraction of sp³-hybridized carbons (Fsp3) is 0.909. The summed E-state index contributed by atoms with van der Waals surface area (Å²) >= 11 is 0. The molecule has 0 heterocycles. The second-order valence-electron chi connectivity index (χ2n) is 3.41. The van der Waals surface area contributed by atoms with Gasteiger partial charge in [0, 0.05) is 13.0 Å². The van der Waals surface area contributed by atoms with E-state index in [1.807, 2.05) is 0 Å². The topological polar surface area (TPSA) is 77.8 Å². The third kappa shape index (κ3) is 19.7. The molecule has 0 saturated carbocycles. The molecule has 0 aliphatic heterocycles. The Kier molecular flexibility index (Phi) is 15.0. The highest BCUT2D eigenvalue weighted by Gasteiger charge is 2.00. The standard InChI is InChI=1S/C8H18O2.C3H6O2/c1-2-3-4-5-8(10)6-7-9;1-2-3(4)5/h8-10H,2-7H2,1H3;2H2,1H3,(H,4,5). The van der Waals surface area contributed by atoms with E-state index in [0.717, 1.165) is 12.8 Å². The molecule has 0 spiro atoms. The van der Waals surface area contributed by atoms with Gasteiger partial charge in [0.2, 0.25) is 0 Å². The molecule has 0 bridgehead atoms. The van der Waals surface area contributed by atoms with Crippen LogP contribution in [0.3, 0.4) is 0 Å². The zero-order chi connectivity index (χ0) is 12.1. The van der Waals surface area contributed by atoms with E-state index in [1.165, 1.54) is 12.8 Å². The summed E-state index contributed by atoms with van der Waals surface area (Å²) in [6.45, 7) is 3.84. The Morgan fingerprint density at radius 3 is 2.07 bits per heavy atom. The van der Waals surface area contributed by atoms with Crippen molar-refractivity contribution in [3.63, 3.8) is 0 Å². The minimum atomic E-state index is -0.745. The van der Waals surface area contributed by atoms with Crippen molar-refractivity contribution in [2.45, 2.75) is 58.5 Å². The Morgan fingerprint density at radius 1 is 1.20 bits per heavy atom. The largest absolute Gasteiger partial charge is 0.481 e. The van der Waals surface area contributed by atoms with Gasteiger partial charge in [0.25, 0.3) is 0 Å². The van der Waals surface area contributed by atoms with Gasteiger partial charge in [-0.05, 0) is 12.8 Å². The Labute approximate surface area is 91.9 Å². The van der Waals surface area contributed by atoms with Crippen LogP contribution in [0, 0.1) is 0 Å². The maximum absolute atomic E-state index is 9.37. The molecule has 0 rings (SSSR count). The number of aliphatic carboxylic acids is 1. The van der Waals surface area contributed by atoms with E-state index < -0.39 is 5.97 Å². The maximum Gasteiger partial charge on any atom is 0.303 e. The molecule has 15 heavy (non-hydrogen) atoms. The fourth-order valence-corrected chi connectivity index (χ4v) is 0.923. The van der Waals surface area contributed by atoms with Gasteiger partial charge in [-0.2, -0.15) is 0 Å². The van der Waals surface area contributed by atoms with Gasteiger partial charge in [-0.15, -0.1) is 0 Å². The highest BCUT2D eigenvalue weighted by molar-refractivity contribution is 5.66. The number of rotatable bonds is 7. The van der Waals surface area contributed by atoms with Crippen LogP contribution < -0.4 is 0 Å².